The Morgan fingerprint density at radius 2 is 1.76 bits per heavy atom. The molecular formula is C14H13ClF2N2O2. The lowest BCUT2D eigenvalue weighted by atomic mass is 10.1. The second-order valence-electron chi connectivity index (χ2n) is 3.92. The van der Waals surface area contributed by atoms with Crippen LogP contribution < -0.4 is 15.2 Å². The Morgan fingerprint density at radius 1 is 1.14 bits per heavy atom. The van der Waals surface area contributed by atoms with Crippen LogP contribution in [0.5, 0.6) is 11.5 Å². The zero-order valence-corrected chi connectivity index (χ0v) is 12.1. The molecular weight excluding hydrogens is 302 g/mol. The molecule has 0 fully saturated rings. The number of benzene rings is 1. The smallest absolute Gasteiger partial charge is 0.395 e. The van der Waals surface area contributed by atoms with E-state index in [2.05, 4.69) is 14.5 Å². The molecule has 0 amide bonds. The largest absolute Gasteiger partial charge is 0.586 e. The number of fused-ring (bicyclic) bond motifs is 1. The molecule has 0 spiro atoms. The number of nitrogens with two attached hydrogens (primary N) is 1. The van der Waals surface area contributed by atoms with E-state index in [-0.39, 0.29) is 16.5 Å². The van der Waals surface area contributed by atoms with Crippen molar-refractivity contribution in [3.63, 3.8) is 0 Å². The first-order valence-electron chi connectivity index (χ1n) is 6.26. The number of anilines is 1. The first-order chi connectivity index (χ1) is 9.94. The average Bonchev–Trinajstić information content (AvgIpc) is 2.74. The van der Waals surface area contributed by atoms with Crippen molar-refractivity contribution in [1.29, 1.82) is 0 Å². The van der Waals surface area contributed by atoms with Gasteiger partial charge >= 0.3 is 6.29 Å². The first-order valence-corrected chi connectivity index (χ1v) is 6.64. The van der Waals surface area contributed by atoms with Gasteiger partial charge in [0.2, 0.25) is 0 Å². The molecule has 2 aromatic rings. The van der Waals surface area contributed by atoms with E-state index in [1.54, 1.807) is 12.1 Å². The number of hydrogen-bond donors (Lipinski definition) is 1. The van der Waals surface area contributed by atoms with Crippen LogP contribution in [0.4, 0.5) is 14.6 Å². The summed E-state index contributed by atoms with van der Waals surface area (Å²) < 4.78 is 34.6. The molecule has 1 aliphatic heterocycles. The molecule has 2 heterocycles. The summed E-state index contributed by atoms with van der Waals surface area (Å²) in [5.41, 5.74) is 6.63. The molecule has 21 heavy (non-hydrogen) atoms. The van der Waals surface area contributed by atoms with Gasteiger partial charge in [0.05, 0.1) is 5.02 Å². The summed E-state index contributed by atoms with van der Waals surface area (Å²) in [5.74, 6) is 0.190. The maximum atomic E-state index is 12.9. The van der Waals surface area contributed by atoms with Gasteiger partial charge < -0.3 is 15.2 Å². The van der Waals surface area contributed by atoms with Crippen LogP contribution in [-0.4, -0.2) is 11.3 Å². The summed E-state index contributed by atoms with van der Waals surface area (Å²) in [7, 11) is 0. The van der Waals surface area contributed by atoms with Crippen LogP contribution in [0.3, 0.4) is 0 Å². The van der Waals surface area contributed by atoms with E-state index in [1.165, 1.54) is 18.3 Å². The molecule has 0 atom stereocenters. The standard InChI is InChI=1S/C12H7ClF2N2O2.C2H6/c13-8-4-10-9(18-12(14,15)19-10)3-7(8)6-1-2-11(16)17-5-6;1-2/h1-5H,(H2,16,17);1-2H3. The quantitative estimate of drug-likeness (QED) is 0.851. The molecule has 7 heteroatoms. The molecule has 0 unspecified atom stereocenters. The zero-order chi connectivity index (χ0) is 15.6. The summed E-state index contributed by atoms with van der Waals surface area (Å²) in [6.07, 6.45) is -2.17. The Balaban J connectivity index is 0.000000774. The normalized spacial score (nSPS) is 14.3. The van der Waals surface area contributed by atoms with E-state index in [0.29, 0.717) is 16.9 Å². The Bertz CT molecular complexity index is 648. The van der Waals surface area contributed by atoms with Gasteiger partial charge in [-0.15, -0.1) is 8.78 Å². The van der Waals surface area contributed by atoms with Crippen molar-refractivity contribution < 1.29 is 18.3 Å². The third-order valence-corrected chi connectivity index (χ3v) is 2.90. The van der Waals surface area contributed by atoms with E-state index in [9.17, 15) is 8.78 Å². The van der Waals surface area contributed by atoms with Crippen molar-refractivity contribution >= 4 is 17.4 Å². The maximum absolute atomic E-state index is 12.9. The average molecular weight is 315 g/mol. The van der Waals surface area contributed by atoms with E-state index in [4.69, 9.17) is 17.3 Å². The van der Waals surface area contributed by atoms with Gasteiger partial charge in [-0.2, -0.15) is 0 Å². The molecule has 0 saturated carbocycles. The molecule has 0 saturated heterocycles. The Labute approximate surface area is 125 Å². The number of nitrogen functional groups attached to an aromatic ring is 1. The number of nitrogens with zero attached hydrogens (tertiary/aromatic N) is 1. The fraction of sp³-hybridized carbons (Fsp3) is 0.214. The second kappa shape index (κ2) is 5.73. The summed E-state index contributed by atoms with van der Waals surface area (Å²) in [6, 6.07) is 5.93. The highest BCUT2D eigenvalue weighted by molar-refractivity contribution is 6.33. The Kier molecular flexibility index (Phi) is 4.18. The van der Waals surface area contributed by atoms with Crippen LogP contribution in [0.2, 0.25) is 5.02 Å². The summed E-state index contributed by atoms with van der Waals surface area (Å²) in [6.45, 7) is 4.00. The highest BCUT2D eigenvalue weighted by Crippen LogP contribution is 2.45. The van der Waals surface area contributed by atoms with Crippen LogP contribution in [0.15, 0.2) is 30.5 Å². The van der Waals surface area contributed by atoms with Crippen molar-refractivity contribution in [3.05, 3.63) is 35.5 Å². The van der Waals surface area contributed by atoms with Crippen molar-refractivity contribution in [3.8, 4) is 22.6 Å². The molecule has 1 aromatic carbocycles. The Morgan fingerprint density at radius 3 is 2.33 bits per heavy atom. The van der Waals surface area contributed by atoms with Crippen molar-refractivity contribution in [2.75, 3.05) is 5.73 Å². The van der Waals surface area contributed by atoms with Gasteiger partial charge in [-0.05, 0) is 18.2 Å². The third-order valence-electron chi connectivity index (χ3n) is 2.59. The SMILES string of the molecule is CC.Nc1ccc(-c2cc3c(cc2Cl)OC(F)(F)O3)cn1. The minimum atomic E-state index is -3.66. The monoisotopic (exact) mass is 314 g/mol. The second-order valence-corrected chi connectivity index (χ2v) is 4.33. The van der Waals surface area contributed by atoms with Crippen molar-refractivity contribution in [1.82, 2.24) is 4.98 Å². The van der Waals surface area contributed by atoms with Gasteiger partial charge in [0.15, 0.2) is 11.5 Å². The number of ether oxygens (including phenoxy) is 2. The maximum Gasteiger partial charge on any atom is 0.586 e. The molecule has 3 rings (SSSR count). The lowest BCUT2D eigenvalue weighted by Gasteiger charge is -2.05. The van der Waals surface area contributed by atoms with Crippen molar-refractivity contribution in [2.24, 2.45) is 0 Å². The van der Waals surface area contributed by atoms with Crippen LogP contribution >= 0.6 is 11.6 Å². The Hall–Kier alpha value is -2.08. The van der Waals surface area contributed by atoms with Gasteiger partial charge in [0.1, 0.15) is 5.82 Å². The molecule has 0 aliphatic carbocycles. The molecule has 112 valence electrons. The minimum absolute atomic E-state index is 0.0683. The van der Waals surface area contributed by atoms with E-state index >= 15 is 0 Å². The summed E-state index contributed by atoms with van der Waals surface area (Å²) in [5, 5.41) is 0.256. The number of halogens is 3. The highest BCUT2D eigenvalue weighted by atomic mass is 35.5. The number of hydrogen-bond acceptors (Lipinski definition) is 4. The minimum Gasteiger partial charge on any atom is -0.395 e. The fourth-order valence-electron chi connectivity index (χ4n) is 1.76. The lowest BCUT2D eigenvalue weighted by molar-refractivity contribution is -0.286. The predicted octanol–water partition coefficient (Wildman–Crippen LogP) is 4.33. The van der Waals surface area contributed by atoms with Crippen LogP contribution in [0.25, 0.3) is 11.1 Å². The third kappa shape index (κ3) is 3.16. The van der Waals surface area contributed by atoms with Gasteiger partial charge in [-0.3, -0.25) is 0 Å². The summed E-state index contributed by atoms with van der Waals surface area (Å²) >= 11 is 6.04. The molecule has 1 aromatic heterocycles. The molecule has 4 nitrogen and oxygen atoms in total. The zero-order valence-electron chi connectivity index (χ0n) is 11.4. The first kappa shape index (κ1) is 15.3. The van der Waals surface area contributed by atoms with Crippen molar-refractivity contribution in [2.45, 2.75) is 20.1 Å². The highest BCUT2D eigenvalue weighted by Gasteiger charge is 2.43. The van der Waals surface area contributed by atoms with Gasteiger partial charge in [0, 0.05) is 23.4 Å². The molecule has 2 N–H and O–H groups in total. The number of alkyl halides is 2. The van der Waals surface area contributed by atoms with E-state index in [0.717, 1.165) is 0 Å². The number of pyridine rings is 1. The van der Waals surface area contributed by atoms with Gasteiger partial charge in [0.25, 0.3) is 0 Å². The predicted molar refractivity (Wildman–Crippen MR) is 76.6 cm³/mol. The summed E-state index contributed by atoms with van der Waals surface area (Å²) in [4.78, 5) is 3.92. The lowest BCUT2D eigenvalue weighted by Crippen LogP contribution is -2.25. The number of rotatable bonds is 1. The van der Waals surface area contributed by atoms with Gasteiger partial charge in [-0.25, -0.2) is 4.98 Å². The van der Waals surface area contributed by atoms with Crippen LogP contribution in [0.1, 0.15) is 13.8 Å². The van der Waals surface area contributed by atoms with E-state index < -0.39 is 6.29 Å². The molecule has 0 bridgehead atoms. The van der Waals surface area contributed by atoms with Crippen LogP contribution in [-0.2, 0) is 0 Å². The van der Waals surface area contributed by atoms with E-state index in [1.807, 2.05) is 13.8 Å². The van der Waals surface area contributed by atoms with Gasteiger partial charge in [-0.1, -0.05) is 25.4 Å². The fourth-order valence-corrected chi connectivity index (χ4v) is 2.02. The molecule has 0 radical (unpaired) electrons. The number of aromatic nitrogens is 1. The molecule has 1 aliphatic rings. The van der Waals surface area contributed by atoms with Crippen LogP contribution in [0, 0.1) is 0 Å². The topological polar surface area (TPSA) is 57.4 Å².